The summed E-state index contributed by atoms with van der Waals surface area (Å²) in [5.74, 6) is -0.748. The number of hydrogen-bond donors (Lipinski definition) is 1. The van der Waals surface area contributed by atoms with E-state index in [0.717, 1.165) is 11.8 Å². The van der Waals surface area contributed by atoms with Crippen LogP contribution >= 0.6 is 11.6 Å². The van der Waals surface area contributed by atoms with Gasteiger partial charge in [0.25, 0.3) is 10.1 Å². The van der Waals surface area contributed by atoms with E-state index in [-0.39, 0.29) is 24.9 Å². The summed E-state index contributed by atoms with van der Waals surface area (Å²) in [6.45, 7) is 1.90. The van der Waals surface area contributed by atoms with Gasteiger partial charge < -0.3 is 5.32 Å². The van der Waals surface area contributed by atoms with Crippen molar-refractivity contribution in [2.75, 3.05) is 18.2 Å². The van der Waals surface area contributed by atoms with Crippen LogP contribution < -0.4 is 5.32 Å². The van der Waals surface area contributed by atoms with Gasteiger partial charge in [0.05, 0.1) is 12.9 Å². The molecule has 2 atom stereocenters. The van der Waals surface area contributed by atoms with Gasteiger partial charge in [-0.1, -0.05) is 48.9 Å². The summed E-state index contributed by atoms with van der Waals surface area (Å²) < 4.78 is 27.3. The van der Waals surface area contributed by atoms with Gasteiger partial charge in [-0.15, -0.1) is 0 Å². The van der Waals surface area contributed by atoms with Gasteiger partial charge in [-0.3, -0.25) is 8.98 Å². The standard InChI is InChI=1S/C19H22ClNO4S/c1-14(15-6-4-3-5-7-15)18(12-13-25-26(2,23)24)19(22)21-17-10-8-16(20)9-11-17/h3-11,14,18H,12-13H2,1-2H3,(H,21,22). The highest BCUT2D eigenvalue weighted by Gasteiger charge is 2.26. The van der Waals surface area contributed by atoms with Gasteiger partial charge in [-0.2, -0.15) is 8.42 Å². The maximum Gasteiger partial charge on any atom is 0.264 e. The van der Waals surface area contributed by atoms with Crippen molar-refractivity contribution < 1.29 is 17.4 Å². The van der Waals surface area contributed by atoms with Crippen molar-refractivity contribution in [1.82, 2.24) is 0 Å². The first-order chi connectivity index (χ1) is 12.3. The van der Waals surface area contributed by atoms with Crippen molar-refractivity contribution in [2.45, 2.75) is 19.3 Å². The molecule has 2 aromatic rings. The minimum atomic E-state index is -3.55. The summed E-state index contributed by atoms with van der Waals surface area (Å²) in [6, 6.07) is 16.5. The predicted octanol–water partition coefficient (Wildman–Crippen LogP) is 4.06. The van der Waals surface area contributed by atoms with Crippen LogP contribution in [0.25, 0.3) is 0 Å². The Morgan fingerprint density at radius 3 is 2.31 bits per heavy atom. The van der Waals surface area contributed by atoms with Crippen LogP contribution in [-0.2, 0) is 19.1 Å². The first kappa shape index (κ1) is 20.4. The van der Waals surface area contributed by atoms with Crippen molar-refractivity contribution >= 4 is 33.3 Å². The lowest BCUT2D eigenvalue weighted by Gasteiger charge is -2.23. The second-order valence-electron chi connectivity index (χ2n) is 6.12. The lowest BCUT2D eigenvalue weighted by Crippen LogP contribution is -2.28. The van der Waals surface area contributed by atoms with E-state index in [1.807, 2.05) is 37.3 Å². The van der Waals surface area contributed by atoms with E-state index in [1.54, 1.807) is 24.3 Å². The van der Waals surface area contributed by atoms with Crippen LogP contribution in [0.3, 0.4) is 0 Å². The smallest absolute Gasteiger partial charge is 0.264 e. The van der Waals surface area contributed by atoms with E-state index in [9.17, 15) is 13.2 Å². The van der Waals surface area contributed by atoms with E-state index in [1.165, 1.54) is 0 Å². The number of rotatable bonds is 8. The van der Waals surface area contributed by atoms with Gasteiger partial charge in [0.1, 0.15) is 0 Å². The number of hydrogen-bond acceptors (Lipinski definition) is 4. The largest absolute Gasteiger partial charge is 0.326 e. The molecule has 0 saturated heterocycles. The normalized spacial score (nSPS) is 13.8. The highest BCUT2D eigenvalue weighted by molar-refractivity contribution is 7.85. The molecule has 7 heteroatoms. The van der Waals surface area contributed by atoms with Crippen molar-refractivity contribution in [3.05, 3.63) is 65.2 Å². The number of benzene rings is 2. The SMILES string of the molecule is CC(c1ccccc1)C(CCOS(C)(=O)=O)C(=O)Nc1ccc(Cl)cc1. The quantitative estimate of drug-likeness (QED) is 0.684. The average molecular weight is 396 g/mol. The maximum absolute atomic E-state index is 12.8. The molecule has 0 aliphatic rings. The maximum atomic E-state index is 12.8. The fourth-order valence-electron chi connectivity index (χ4n) is 2.69. The summed E-state index contributed by atoms with van der Waals surface area (Å²) in [6.07, 6.45) is 1.28. The molecular weight excluding hydrogens is 374 g/mol. The van der Waals surface area contributed by atoms with Crippen LogP contribution in [-0.4, -0.2) is 27.2 Å². The van der Waals surface area contributed by atoms with Gasteiger partial charge in [0, 0.05) is 16.6 Å². The van der Waals surface area contributed by atoms with Crippen LogP contribution in [0, 0.1) is 5.92 Å². The topological polar surface area (TPSA) is 72.5 Å². The number of carbonyl (C=O) groups is 1. The van der Waals surface area contributed by atoms with Crippen LogP contribution in [0.4, 0.5) is 5.69 Å². The zero-order valence-corrected chi connectivity index (χ0v) is 16.3. The molecule has 1 amide bonds. The van der Waals surface area contributed by atoms with Gasteiger partial charge >= 0.3 is 0 Å². The number of amides is 1. The summed E-state index contributed by atoms with van der Waals surface area (Å²) in [5.41, 5.74) is 1.64. The molecule has 2 rings (SSSR count). The van der Waals surface area contributed by atoms with Gasteiger partial charge in [-0.25, -0.2) is 0 Å². The van der Waals surface area contributed by atoms with E-state index in [2.05, 4.69) is 5.32 Å². The monoisotopic (exact) mass is 395 g/mol. The van der Waals surface area contributed by atoms with E-state index in [4.69, 9.17) is 15.8 Å². The third-order valence-electron chi connectivity index (χ3n) is 4.10. The molecule has 0 radical (unpaired) electrons. The molecule has 2 unspecified atom stereocenters. The molecule has 2 aromatic carbocycles. The summed E-state index contributed by atoms with van der Waals surface area (Å²) >= 11 is 5.87. The molecule has 0 aromatic heterocycles. The Balaban J connectivity index is 2.15. The minimum Gasteiger partial charge on any atom is -0.326 e. The van der Waals surface area contributed by atoms with E-state index < -0.39 is 16.0 Å². The average Bonchev–Trinajstić information content (AvgIpc) is 2.60. The van der Waals surface area contributed by atoms with Crippen molar-refractivity contribution in [3.63, 3.8) is 0 Å². The number of nitrogens with one attached hydrogen (secondary N) is 1. The molecule has 0 bridgehead atoms. The van der Waals surface area contributed by atoms with Crippen LogP contribution in [0.1, 0.15) is 24.8 Å². The highest BCUT2D eigenvalue weighted by Crippen LogP contribution is 2.28. The Hall–Kier alpha value is -1.89. The zero-order valence-electron chi connectivity index (χ0n) is 14.7. The summed E-state index contributed by atoms with van der Waals surface area (Å²) in [5, 5.41) is 3.45. The lowest BCUT2D eigenvalue weighted by atomic mass is 9.85. The zero-order chi connectivity index (χ0) is 19.2. The molecule has 5 nitrogen and oxygen atoms in total. The molecule has 0 saturated carbocycles. The molecule has 0 aliphatic heterocycles. The third kappa shape index (κ3) is 6.44. The highest BCUT2D eigenvalue weighted by atomic mass is 35.5. The van der Waals surface area contributed by atoms with E-state index in [0.29, 0.717) is 10.7 Å². The number of halogens is 1. The molecule has 0 aliphatic carbocycles. The van der Waals surface area contributed by atoms with Gasteiger partial charge in [0.15, 0.2) is 0 Å². The molecule has 0 fully saturated rings. The number of carbonyl (C=O) groups excluding carboxylic acids is 1. The molecular formula is C19H22ClNO4S. The van der Waals surface area contributed by atoms with Crippen LogP contribution in [0.5, 0.6) is 0 Å². The van der Waals surface area contributed by atoms with Crippen molar-refractivity contribution in [3.8, 4) is 0 Å². The minimum absolute atomic E-state index is 0.0469. The Bertz CT molecular complexity index is 822. The first-order valence-electron chi connectivity index (χ1n) is 8.22. The molecule has 0 heterocycles. The molecule has 1 N–H and O–H groups in total. The molecule has 26 heavy (non-hydrogen) atoms. The Morgan fingerprint density at radius 1 is 1.12 bits per heavy atom. The summed E-state index contributed by atoms with van der Waals surface area (Å²) in [7, 11) is -3.55. The van der Waals surface area contributed by atoms with Gasteiger partial charge in [0.2, 0.25) is 5.91 Å². The number of anilines is 1. The van der Waals surface area contributed by atoms with Crippen molar-refractivity contribution in [2.24, 2.45) is 5.92 Å². The van der Waals surface area contributed by atoms with E-state index >= 15 is 0 Å². The summed E-state index contributed by atoms with van der Waals surface area (Å²) in [4.78, 5) is 12.8. The second-order valence-corrected chi connectivity index (χ2v) is 8.20. The van der Waals surface area contributed by atoms with Crippen molar-refractivity contribution in [1.29, 1.82) is 0 Å². The van der Waals surface area contributed by atoms with Crippen LogP contribution in [0.15, 0.2) is 54.6 Å². The fourth-order valence-corrected chi connectivity index (χ4v) is 3.22. The Labute approximate surface area is 159 Å². The van der Waals surface area contributed by atoms with Gasteiger partial charge in [-0.05, 0) is 42.2 Å². The Morgan fingerprint density at radius 2 is 1.73 bits per heavy atom. The lowest BCUT2D eigenvalue weighted by molar-refractivity contribution is -0.120. The third-order valence-corrected chi connectivity index (χ3v) is 4.95. The predicted molar refractivity (Wildman–Crippen MR) is 104 cm³/mol. The van der Waals surface area contributed by atoms with Crippen LogP contribution in [0.2, 0.25) is 5.02 Å². The molecule has 0 spiro atoms. The Kier molecular flexibility index (Phi) is 7.20. The second kappa shape index (κ2) is 9.16. The molecule has 140 valence electrons. The first-order valence-corrected chi connectivity index (χ1v) is 10.4. The fraction of sp³-hybridized carbons (Fsp3) is 0.316.